The molecule has 1 rings (SSSR count). The fourth-order valence-corrected chi connectivity index (χ4v) is 2.15. The molecule has 0 fully saturated rings. The molecule has 0 bridgehead atoms. The van der Waals surface area contributed by atoms with Gasteiger partial charge in [-0.05, 0) is 18.8 Å². The molecule has 1 aliphatic rings. The zero-order valence-corrected chi connectivity index (χ0v) is 12.5. The molecule has 0 aromatic heterocycles. The number of hydrogen-bond acceptors (Lipinski definition) is 3. The summed E-state index contributed by atoms with van der Waals surface area (Å²) in [5, 5.41) is 20.6. The van der Waals surface area contributed by atoms with E-state index in [0.717, 1.165) is 6.42 Å². The number of hydrogen-bond donors (Lipinski definition) is 3. The van der Waals surface area contributed by atoms with E-state index in [1.54, 1.807) is 4.90 Å². The summed E-state index contributed by atoms with van der Waals surface area (Å²) in [6.45, 7) is 8.74. The molecule has 0 saturated heterocycles. The number of rotatable bonds is 3. The van der Waals surface area contributed by atoms with Crippen LogP contribution in [0.25, 0.3) is 0 Å². The fraction of sp³-hybridized carbons (Fsp3) is 0.714. The molecule has 114 valence electrons. The van der Waals surface area contributed by atoms with Crippen molar-refractivity contribution in [3.05, 3.63) is 11.6 Å². The highest BCUT2D eigenvalue weighted by atomic mass is 16.4. The Bertz CT molecular complexity index is 410. The lowest BCUT2D eigenvalue weighted by molar-refractivity contribution is -0.141. The van der Waals surface area contributed by atoms with E-state index in [1.165, 1.54) is 12.5 Å². The summed E-state index contributed by atoms with van der Waals surface area (Å²) in [5.74, 6) is -1.24. The van der Waals surface area contributed by atoms with Crippen molar-refractivity contribution in [1.82, 2.24) is 10.2 Å². The predicted octanol–water partition coefficient (Wildman–Crippen LogP) is 1.21. The zero-order chi connectivity index (χ0) is 15.5. The molecule has 0 aromatic rings. The molecule has 0 spiro atoms. The highest BCUT2D eigenvalue weighted by Gasteiger charge is 2.29. The number of aliphatic carboxylic acids is 1. The van der Waals surface area contributed by atoms with Crippen LogP contribution in [0.2, 0.25) is 0 Å². The number of aliphatic hydroxyl groups is 1. The van der Waals surface area contributed by atoms with Gasteiger partial charge in [0.15, 0.2) is 6.04 Å². The van der Waals surface area contributed by atoms with Crippen molar-refractivity contribution in [2.45, 2.75) is 46.3 Å². The van der Waals surface area contributed by atoms with E-state index < -0.39 is 24.1 Å². The average Bonchev–Trinajstić information content (AvgIpc) is 2.34. The molecule has 2 atom stereocenters. The lowest BCUT2D eigenvalue weighted by Crippen LogP contribution is -2.53. The number of carbonyl (C=O) groups is 2. The Hall–Kier alpha value is -1.56. The van der Waals surface area contributed by atoms with E-state index in [2.05, 4.69) is 26.1 Å². The normalized spacial score (nSPS) is 19.1. The molecule has 0 aromatic carbocycles. The summed E-state index contributed by atoms with van der Waals surface area (Å²) in [6, 6.07) is -1.74. The van der Waals surface area contributed by atoms with Gasteiger partial charge in [-0.1, -0.05) is 32.4 Å². The van der Waals surface area contributed by atoms with Crippen LogP contribution in [0, 0.1) is 5.41 Å². The first-order chi connectivity index (χ1) is 9.12. The van der Waals surface area contributed by atoms with Crippen LogP contribution in [0.5, 0.6) is 0 Å². The summed E-state index contributed by atoms with van der Waals surface area (Å²) in [5.41, 5.74) is 1.39. The van der Waals surface area contributed by atoms with Crippen LogP contribution in [0.1, 0.15) is 34.1 Å². The van der Waals surface area contributed by atoms with Crippen molar-refractivity contribution in [3.8, 4) is 0 Å². The molecule has 6 nitrogen and oxygen atoms in total. The molecule has 20 heavy (non-hydrogen) atoms. The predicted molar refractivity (Wildman–Crippen MR) is 75.4 cm³/mol. The van der Waals surface area contributed by atoms with E-state index in [4.69, 9.17) is 5.11 Å². The Morgan fingerprint density at radius 1 is 1.40 bits per heavy atom. The lowest BCUT2D eigenvalue weighted by atomic mass is 9.83. The van der Waals surface area contributed by atoms with Gasteiger partial charge in [0.2, 0.25) is 0 Å². The van der Waals surface area contributed by atoms with Crippen molar-refractivity contribution in [2.75, 3.05) is 13.1 Å². The van der Waals surface area contributed by atoms with Crippen molar-refractivity contribution < 1.29 is 19.8 Å². The Balaban J connectivity index is 2.63. The summed E-state index contributed by atoms with van der Waals surface area (Å²) in [4.78, 5) is 24.5. The van der Waals surface area contributed by atoms with E-state index in [-0.39, 0.29) is 5.41 Å². The van der Waals surface area contributed by atoms with Gasteiger partial charge in [-0.25, -0.2) is 9.59 Å². The zero-order valence-electron chi connectivity index (χ0n) is 12.5. The van der Waals surface area contributed by atoms with Crippen LogP contribution >= 0.6 is 0 Å². The molecule has 6 heteroatoms. The molecule has 1 aliphatic heterocycles. The van der Waals surface area contributed by atoms with E-state index >= 15 is 0 Å². The van der Waals surface area contributed by atoms with Crippen molar-refractivity contribution in [3.63, 3.8) is 0 Å². The second kappa shape index (κ2) is 6.26. The maximum Gasteiger partial charge on any atom is 0.328 e. The van der Waals surface area contributed by atoms with Crippen molar-refractivity contribution in [1.29, 1.82) is 0 Å². The first-order valence-electron chi connectivity index (χ1n) is 6.78. The fourth-order valence-electron chi connectivity index (χ4n) is 2.15. The van der Waals surface area contributed by atoms with Gasteiger partial charge in [-0.15, -0.1) is 0 Å². The minimum atomic E-state index is -1.28. The summed E-state index contributed by atoms with van der Waals surface area (Å²) < 4.78 is 0. The number of nitrogens with one attached hydrogen (secondary N) is 1. The molecule has 0 radical (unpaired) electrons. The Kier molecular flexibility index (Phi) is 5.16. The number of nitrogens with zero attached hydrogens (tertiary/aromatic N) is 1. The van der Waals surface area contributed by atoms with Crippen LogP contribution in [0.3, 0.4) is 0 Å². The quantitative estimate of drug-likeness (QED) is 0.679. The van der Waals surface area contributed by atoms with Gasteiger partial charge in [0.05, 0.1) is 6.10 Å². The smallest absolute Gasteiger partial charge is 0.328 e. The molecule has 3 N–H and O–H groups in total. The van der Waals surface area contributed by atoms with E-state index in [1.807, 2.05) is 6.08 Å². The van der Waals surface area contributed by atoms with Gasteiger partial charge in [-0.2, -0.15) is 0 Å². The standard InChI is InChI=1S/C14H24N2O4/c1-9(17)11(12(18)19)15-13(20)16-7-5-10(6-8-16)14(2,3)4/h5,9,11,17H,6-8H2,1-4H3,(H,15,20)(H,18,19)/t9-,11+/m1/s1. The largest absolute Gasteiger partial charge is 0.480 e. The number of urea groups is 1. The summed E-state index contributed by atoms with van der Waals surface area (Å²) in [7, 11) is 0. The first-order valence-corrected chi connectivity index (χ1v) is 6.78. The van der Waals surface area contributed by atoms with Crippen LogP contribution < -0.4 is 5.32 Å². The topological polar surface area (TPSA) is 89.9 Å². The third-order valence-corrected chi connectivity index (χ3v) is 3.49. The number of aliphatic hydroxyl groups excluding tert-OH is 1. The highest BCUT2D eigenvalue weighted by Crippen LogP contribution is 2.29. The third-order valence-electron chi connectivity index (χ3n) is 3.49. The molecule has 0 saturated carbocycles. The number of carboxylic acid groups (broad SMARTS) is 1. The number of carbonyl (C=O) groups excluding carboxylic acids is 1. The van der Waals surface area contributed by atoms with Gasteiger partial charge in [-0.3, -0.25) is 0 Å². The van der Waals surface area contributed by atoms with Crippen LogP contribution in [-0.4, -0.2) is 52.3 Å². The first kappa shape index (κ1) is 16.5. The van der Waals surface area contributed by atoms with Crippen molar-refractivity contribution in [2.24, 2.45) is 5.41 Å². The molecular weight excluding hydrogens is 260 g/mol. The maximum atomic E-state index is 12.0. The number of carboxylic acids is 1. The van der Waals surface area contributed by atoms with Gasteiger partial charge >= 0.3 is 12.0 Å². The monoisotopic (exact) mass is 284 g/mol. The van der Waals surface area contributed by atoms with Gasteiger partial charge in [0, 0.05) is 13.1 Å². The van der Waals surface area contributed by atoms with Crippen LogP contribution in [0.4, 0.5) is 4.79 Å². The lowest BCUT2D eigenvalue weighted by Gasteiger charge is -2.33. The molecule has 2 amide bonds. The van der Waals surface area contributed by atoms with Gasteiger partial charge < -0.3 is 20.4 Å². The molecule has 0 unspecified atom stereocenters. The molecular formula is C14H24N2O4. The summed E-state index contributed by atoms with van der Waals surface area (Å²) >= 11 is 0. The highest BCUT2D eigenvalue weighted by molar-refractivity contribution is 5.83. The Morgan fingerprint density at radius 2 is 2.00 bits per heavy atom. The average molecular weight is 284 g/mol. The van der Waals surface area contributed by atoms with Gasteiger partial charge in [0.25, 0.3) is 0 Å². The van der Waals surface area contributed by atoms with Crippen LogP contribution in [0.15, 0.2) is 11.6 Å². The van der Waals surface area contributed by atoms with E-state index in [0.29, 0.717) is 13.1 Å². The molecule has 1 heterocycles. The second-order valence-electron chi connectivity index (χ2n) is 6.18. The summed E-state index contributed by atoms with van der Waals surface area (Å²) in [6.07, 6.45) is 1.66. The second-order valence-corrected chi connectivity index (χ2v) is 6.18. The SMILES string of the molecule is C[C@@H](O)[C@H](NC(=O)N1CC=C(C(C)(C)C)CC1)C(=O)O. The Morgan fingerprint density at radius 3 is 2.35 bits per heavy atom. The van der Waals surface area contributed by atoms with Crippen LogP contribution in [-0.2, 0) is 4.79 Å². The van der Waals surface area contributed by atoms with Crippen molar-refractivity contribution >= 4 is 12.0 Å². The number of amides is 2. The van der Waals surface area contributed by atoms with Gasteiger partial charge in [0.1, 0.15) is 0 Å². The Labute approximate surface area is 119 Å². The minimum absolute atomic E-state index is 0.0891. The third kappa shape index (κ3) is 4.23. The maximum absolute atomic E-state index is 12.0. The van der Waals surface area contributed by atoms with E-state index in [9.17, 15) is 14.7 Å². The minimum Gasteiger partial charge on any atom is -0.480 e. The molecule has 0 aliphatic carbocycles.